The number of unbranched alkanes of at least 4 members (excludes halogenated alkanes) is 1. The molecule has 0 bridgehead atoms. The van der Waals surface area contributed by atoms with Crippen molar-refractivity contribution in [3.05, 3.63) is 0 Å². The zero-order chi connectivity index (χ0) is 13.9. The first-order valence-electron chi connectivity index (χ1n) is 7.09. The van der Waals surface area contributed by atoms with E-state index in [1.807, 2.05) is 0 Å². The van der Waals surface area contributed by atoms with Crippen molar-refractivity contribution >= 4 is 20.8 Å². The summed E-state index contributed by atoms with van der Waals surface area (Å²) in [5.41, 5.74) is 0. The minimum absolute atomic E-state index is 0.230. The van der Waals surface area contributed by atoms with Crippen LogP contribution in [0.5, 0.6) is 0 Å². The normalized spacial score (nSPS) is 14.4. The summed E-state index contributed by atoms with van der Waals surface area (Å²) in [6.07, 6.45) is 9.08. The summed E-state index contributed by atoms with van der Waals surface area (Å²) < 4.78 is 0. The number of halogens is 1. The molecule has 0 rings (SSSR count). The molecule has 0 aliphatic rings. The van der Waals surface area contributed by atoms with Crippen LogP contribution in [-0.2, 0) is 0 Å². The molecule has 0 amide bonds. The van der Waals surface area contributed by atoms with E-state index in [4.69, 9.17) is 15.3 Å². The van der Waals surface area contributed by atoms with E-state index in [-0.39, 0.29) is 19.8 Å². The van der Waals surface area contributed by atoms with Gasteiger partial charge in [-0.1, -0.05) is 0 Å². The first kappa shape index (κ1) is 18.8. The van der Waals surface area contributed by atoms with E-state index in [9.17, 15) is 0 Å². The molecule has 3 N–H and O–H groups in total. The molecule has 0 aromatic heterocycles. The van der Waals surface area contributed by atoms with E-state index >= 15 is 0 Å². The molecular formula is C13H30BrO3P. The number of hydrogen-bond acceptors (Lipinski definition) is 3. The first-order chi connectivity index (χ1) is 8.54. The van der Waals surface area contributed by atoms with Crippen molar-refractivity contribution in [2.45, 2.75) is 39.0 Å². The van der Waals surface area contributed by atoms with Gasteiger partial charge < -0.3 is 0 Å². The SMILES string of the molecule is CCCCP(Br)(CCCO)(CCCO)CCCO. The minimum atomic E-state index is -2.03. The molecule has 5 heteroatoms. The molecule has 3 nitrogen and oxygen atoms in total. The van der Waals surface area contributed by atoms with Gasteiger partial charge in [-0.05, 0) is 0 Å². The van der Waals surface area contributed by atoms with Gasteiger partial charge in [-0.15, -0.1) is 0 Å². The van der Waals surface area contributed by atoms with Gasteiger partial charge in [-0.2, -0.15) is 0 Å². The second kappa shape index (κ2) is 9.66. The second-order valence-corrected chi connectivity index (χ2v) is 16.7. The molecule has 0 heterocycles. The average molecular weight is 345 g/mol. The van der Waals surface area contributed by atoms with Crippen LogP contribution < -0.4 is 0 Å². The van der Waals surface area contributed by atoms with Crippen molar-refractivity contribution in [1.82, 2.24) is 0 Å². The predicted octanol–water partition coefficient (Wildman–Crippen LogP) is 2.80. The molecule has 0 fully saturated rings. The van der Waals surface area contributed by atoms with Crippen LogP contribution in [0.1, 0.15) is 39.0 Å². The molecule has 0 aromatic carbocycles. The average Bonchev–Trinajstić information content (AvgIpc) is 2.40. The van der Waals surface area contributed by atoms with E-state index in [0.717, 1.165) is 37.7 Å². The maximum atomic E-state index is 9.12. The van der Waals surface area contributed by atoms with Gasteiger partial charge >= 0.3 is 120 Å². The molecule has 0 spiro atoms. The summed E-state index contributed by atoms with van der Waals surface area (Å²) in [5.74, 6) is 0. The molecule has 0 aliphatic carbocycles. The van der Waals surface area contributed by atoms with Crippen LogP contribution in [0, 0.1) is 0 Å². The van der Waals surface area contributed by atoms with E-state index in [1.54, 1.807) is 0 Å². The van der Waals surface area contributed by atoms with Crippen LogP contribution in [0.2, 0.25) is 0 Å². The Balaban J connectivity index is 4.82. The van der Waals surface area contributed by atoms with Gasteiger partial charge in [-0.3, -0.25) is 0 Å². The van der Waals surface area contributed by atoms with Crippen LogP contribution in [-0.4, -0.2) is 59.8 Å². The zero-order valence-electron chi connectivity index (χ0n) is 11.7. The summed E-state index contributed by atoms with van der Waals surface area (Å²) in [5, 5.41) is 25.3. The Morgan fingerprint density at radius 1 is 0.722 bits per heavy atom. The van der Waals surface area contributed by atoms with E-state index in [2.05, 4.69) is 22.4 Å². The van der Waals surface area contributed by atoms with Crippen LogP contribution >= 0.6 is 20.8 Å². The van der Waals surface area contributed by atoms with Gasteiger partial charge in [0.2, 0.25) is 0 Å². The third-order valence-electron chi connectivity index (χ3n) is 3.70. The van der Waals surface area contributed by atoms with Crippen molar-refractivity contribution in [3.8, 4) is 0 Å². The molecule has 0 aromatic rings. The topological polar surface area (TPSA) is 60.7 Å². The molecule has 112 valence electrons. The number of aliphatic hydroxyl groups is 3. The molecule has 0 unspecified atom stereocenters. The van der Waals surface area contributed by atoms with Crippen molar-refractivity contribution in [2.75, 3.05) is 44.5 Å². The number of rotatable bonds is 12. The zero-order valence-corrected chi connectivity index (χ0v) is 14.1. The maximum absolute atomic E-state index is 9.12. The Labute approximate surface area is 120 Å². The van der Waals surface area contributed by atoms with Crippen molar-refractivity contribution in [2.24, 2.45) is 0 Å². The monoisotopic (exact) mass is 344 g/mol. The summed E-state index contributed by atoms with van der Waals surface area (Å²) in [7, 11) is 0. The van der Waals surface area contributed by atoms with Crippen LogP contribution in [0.25, 0.3) is 0 Å². The molecule has 0 aliphatic heterocycles. The Morgan fingerprint density at radius 2 is 1.06 bits per heavy atom. The standard InChI is InChI=1S/C13H30BrO3P/c1-2-3-10-18(14,11-4-7-15,12-5-8-16)13-6-9-17/h15-17H,2-13H2,1H3. The fraction of sp³-hybridized carbons (Fsp3) is 1.00. The van der Waals surface area contributed by atoms with Crippen molar-refractivity contribution < 1.29 is 15.3 Å². The van der Waals surface area contributed by atoms with Gasteiger partial charge in [0.25, 0.3) is 0 Å². The van der Waals surface area contributed by atoms with Gasteiger partial charge in [0.05, 0.1) is 0 Å². The summed E-state index contributed by atoms with van der Waals surface area (Å²) >= 11 is 4.09. The Hall–Kier alpha value is 0.790. The van der Waals surface area contributed by atoms with E-state index in [1.165, 1.54) is 19.0 Å². The van der Waals surface area contributed by atoms with Crippen LogP contribution in [0.15, 0.2) is 0 Å². The summed E-state index contributed by atoms with van der Waals surface area (Å²) in [4.78, 5) is 0. The summed E-state index contributed by atoms with van der Waals surface area (Å²) in [6, 6.07) is 0. The Morgan fingerprint density at radius 3 is 1.33 bits per heavy atom. The third kappa shape index (κ3) is 6.81. The number of hydrogen-bond donors (Lipinski definition) is 3. The van der Waals surface area contributed by atoms with Gasteiger partial charge in [0.1, 0.15) is 0 Å². The fourth-order valence-electron chi connectivity index (χ4n) is 2.62. The first-order valence-corrected chi connectivity index (χ1v) is 12.1. The molecule has 0 saturated heterocycles. The number of aliphatic hydroxyl groups excluding tert-OH is 3. The fourth-order valence-corrected chi connectivity index (χ4v) is 10.9. The predicted molar refractivity (Wildman–Crippen MR) is 85.3 cm³/mol. The van der Waals surface area contributed by atoms with Crippen molar-refractivity contribution in [3.63, 3.8) is 0 Å². The van der Waals surface area contributed by atoms with Crippen molar-refractivity contribution in [1.29, 1.82) is 0 Å². The van der Waals surface area contributed by atoms with E-state index < -0.39 is 5.31 Å². The van der Waals surface area contributed by atoms with Gasteiger partial charge in [-0.25, -0.2) is 0 Å². The van der Waals surface area contributed by atoms with Gasteiger partial charge in [0.15, 0.2) is 0 Å². The quantitative estimate of drug-likeness (QED) is 0.477. The van der Waals surface area contributed by atoms with Crippen LogP contribution in [0.3, 0.4) is 0 Å². The molecule has 18 heavy (non-hydrogen) atoms. The third-order valence-corrected chi connectivity index (χ3v) is 13.7. The Bertz CT molecular complexity index is 171. The summed E-state index contributed by atoms with van der Waals surface area (Å²) in [6.45, 7) is 2.88. The molecular weight excluding hydrogens is 315 g/mol. The Kier molecular flexibility index (Phi) is 10.1. The van der Waals surface area contributed by atoms with Crippen LogP contribution in [0.4, 0.5) is 0 Å². The molecule has 0 atom stereocenters. The molecule has 0 radical (unpaired) electrons. The van der Waals surface area contributed by atoms with E-state index in [0.29, 0.717) is 0 Å². The van der Waals surface area contributed by atoms with Gasteiger partial charge in [0, 0.05) is 0 Å². The molecule has 0 saturated carbocycles. The second-order valence-electron chi connectivity index (χ2n) is 5.30.